The van der Waals surface area contributed by atoms with Crippen LogP contribution in [-0.4, -0.2) is 49.6 Å². The van der Waals surface area contributed by atoms with Crippen LogP contribution in [0.2, 0.25) is 0 Å². The Kier molecular flexibility index (Phi) is 8.15. The van der Waals surface area contributed by atoms with Gasteiger partial charge < -0.3 is 19.9 Å². The Morgan fingerprint density at radius 1 is 1.31 bits per heavy atom. The number of aliphatic hydroxyl groups excluding tert-OH is 1. The lowest BCUT2D eigenvalue weighted by Crippen LogP contribution is -2.32. The van der Waals surface area contributed by atoms with Gasteiger partial charge in [-0.3, -0.25) is 4.79 Å². The fourth-order valence-electron chi connectivity index (χ4n) is 1.03. The van der Waals surface area contributed by atoms with Gasteiger partial charge in [-0.25, -0.2) is 0 Å². The highest BCUT2D eigenvalue weighted by Gasteiger charge is 2.15. The quantitative estimate of drug-likeness (QED) is 0.467. The highest BCUT2D eigenvalue weighted by Crippen LogP contribution is 2.05. The summed E-state index contributed by atoms with van der Waals surface area (Å²) in [6, 6.07) is 0. The van der Waals surface area contributed by atoms with Gasteiger partial charge in [-0.15, -0.1) is 0 Å². The first-order valence-corrected chi connectivity index (χ1v) is 5.57. The van der Waals surface area contributed by atoms with Gasteiger partial charge >= 0.3 is 5.97 Å². The van der Waals surface area contributed by atoms with E-state index in [9.17, 15) is 4.79 Å². The van der Waals surface area contributed by atoms with E-state index < -0.39 is 5.60 Å². The molecule has 0 aliphatic rings. The van der Waals surface area contributed by atoms with Gasteiger partial charge in [0, 0.05) is 6.61 Å². The van der Waals surface area contributed by atoms with E-state index in [2.05, 4.69) is 5.32 Å². The Labute approximate surface area is 97.1 Å². The summed E-state index contributed by atoms with van der Waals surface area (Å²) in [4.78, 5) is 11.2. The minimum absolute atomic E-state index is 0.0470. The first-order chi connectivity index (χ1) is 7.45. The van der Waals surface area contributed by atoms with Gasteiger partial charge in [0.1, 0.15) is 5.60 Å². The topological polar surface area (TPSA) is 67.8 Å². The molecule has 2 N–H and O–H groups in total. The van der Waals surface area contributed by atoms with Crippen LogP contribution in [0, 0.1) is 0 Å². The maximum atomic E-state index is 11.2. The first-order valence-electron chi connectivity index (χ1n) is 5.57. The summed E-state index contributed by atoms with van der Waals surface area (Å²) in [6.45, 7) is 7.44. The summed E-state index contributed by atoms with van der Waals surface area (Å²) >= 11 is 0. The van der Waals surface area contributed by atoms with Crippen LogP contribution in [0.15, 0.2) is 0 Å². The first kappa shape index (κ1) is 15.3. The van der Waals surface area contributed by atoms with Crippen molar-refractivity contribution in [3.05, 3.63) is 0 Å². The molecular formula is C11H23NO4. The third-order valence-corrected chi connectivity index (χ3v) is 1.57. The maximum Gasteiger partial charge on any atom is 0.320 e. The van der Waals surface area contributed by atoms with Crippen LogP contribution in [0.1, 0.15) is 27.2 Å². The van der Waals surface area contributed by atoms with Crippen LogP contribution in [0.3, 0.4) is 0 Å². The van der Waals surface area contributed by atoms with E-state index in [1.807, 2.05) is 20.8 Å². The molecule has 0 bridgehead atoms. The largest absolute Gasteiger partial charge is 0.459 e. The number of hydrogen-bond acceptors (Lipinski definition) is 5. The van der Waals surface area contributed by atoms with Crippen molar-refractivity contribution < 1.29 is 19.4 Å². The number of nitrogens with one attached hydrogen (secondary N) is 1. The fraction of sp³-hybridized carbons (Fsp3) is 0.909. The fourth-order valence-corrected chi connectivity index (χ4v) is 1.03. The average Bonchev–Trinajstić information content (AvgIpc) is 2.13. The molecular weight excluding hydrogens is 210 g/mol. The Bertz CT molecular complexity index is 189. The number of hydrogen-bond donors (Lipinski definition) is 2. The summed E-state index contributed by atoms with van der Waals surface area (Å²) in [5.41, 5.74) is -0.428. The Morgan fingerprint density at radius 2 is 2.00 bits per heavy atom. The minimum atomic E-state index is -0.428. The Balaban J connectivity index is 3.28. The van der Waals surface area contributed by atoms with Crippen molar-refractivity contribution in [1.82, 2.24) is 5.32 Å². The molecule has 5 nitrogen and oxygen atoms in total. The lowest BCUT2D eigenvalue weighted by molar-refractivity contribution is -0.153. The molecule has 0 atom stereocenters. The number of rotatable bonds is 8. The molecule has 0 saturated heterocycles. The third kappa shape index (κ3) is 11.4. The van der Waals surface area contributed by atoms with Crippen molar-refractivity contribution in [1.29, 1.82) is 0 Å². The second kappa shape index (κ2) is 8.50. The van der Waals surface area contributed by atoms with Gasteiger partial charge in [0.25, 0.3) is 0 Å². The average molecular weight is 233 g/mol. The van der Waals surface area contributed by atoms with E-state index >= 15 is 0 Å². The van der Waals surface area contributed by atoms with Crippen LogP contribution in [0.5, 0.6) is 0 Å². The normalized spacial score (nSPS) is 11.5. The summed E-state index contributed by atoms with van der Waals surface area (Å²) in [6.07, 6.45) is 0.808. The number of aliphatic hydroxyl groups is 1. The van der Waals surface area contributed by atoms with Crippen molar-refractivity contribution in [2.24, 2.45) is 0 Å². The van der Waals surface area contributed by atoms with Crippen LogP contribution < -0.4 is 5.32 Å². The Morgan fingerprint density at radius 3 is 2.56 bits per heavy atom. The van der Waals surface area contributed by atoms with E-state index in [0.29, 0.717) is 19.8 Å². The van der Waals surface area contributed by atoms with Crippen LogP contribution >= 0.6 is 0 Å². The van der Waals surface area contributed by atoms with Gasteiger partial charge in [0.15, 0.2) is 0 Å². The molecule has 0 aliphatic heterocycles. The molecule has 16 heavy (non-hydrogen) atoms. The minimum Gasteiger partial charge on any atom is -0.459 e. The summed E-state index contributed by atoms with van der Waals surface area (Å²) < 4.78 is 10.2. The number of ether oxygens (including phenoxy) is 2. The smallest absolute Gasteiger partial charge is 0.320 e. The summed E-state index contributed by atoms with van der Waals surface area (Å²) in [5, 5.41) is 11.4. The van der Waals surface area contributed by atoms with Gasteiger partial charge in [0.05, 0.1) is 19.8 Å². The van der Waals surface area contributed by atoms with Crippen molar-refractivity contribution in [3.63, 3.8) is 0 Å². The zero-order chi connectivity index (χ0) is 12.4. The summed E-state index contributed by atoms with van der Waals surface area (Å²) in [5.74, 6) is -0.247. The van der Waals surface area contributed by atoms with E-state index in [4.69, 9.17) is 14.6 Å². The zero-order valence-corrected chi connectivity index (χ0v) is 10.4. The molecule has 0 radical (unpaired) electrons. The molecule has 0 amide bonds. The second-order valence-corrected chi connectivity index (χ2v) is 4.45. The molecule has 96 valence electrons. The molecule has 0 fully saturated rings. The highest BCUT2D eigenvalue weighted by molar-refractivity contribution is 5.72. The number of carbonyl (C=O) groups is 1. The predicted octanol–water partition coefficient (Wildman–Crippen LogP) is 0.317. The predicted molar refractivity (Wildman–Crippen MR) is 61.2 cm³/mol. The van der Waals surface area contributed by atoms with Crippen molar-refractivity contribution in [2.45, 2.75) is 32.8 Å². The number of esters is 1. The molecule has 0 rings (SSSR count). The molecule has 0 aliphatic carbocycles. The van der Waals surface area contributed by atoms with Crippen LogP contribution in [0.4, 0.5) is 0 Å². The summed E-state index contributed by atoms with van der Waals surface area (Å²) in [7, 11) is 0. The molecule has 0 aromatic carbocycles. The third-order valence-electron chi connectivity index (χ3n) is 1.57. The van der Waals surface area contributed by atoms with E-state index in [1.54, 1.807) is 0 Å². The molecule has 0 unspecified atom stereocenters. The SMILES string of the molecule is CC(C)(C)OC(=O)CNCCCOCCO. The van der Waals surface area contributed by atoms with Gasteiger partial charge in [-0.2, -0.15) is 0 Å². The van der Waals surface area contributed by atoms with Gasteiger partial charge in [-0.1, -0.05) is 0 Å². The molecule has 0 aromatic heterocycles. The monoisotopic (exact) mass is 233 g/mol. The molecule has 5 heteroatoms. The second-order valence-electron chi connectivity index (χ2n) is 4.45. The van der Waals surface area contributed by atoms with Gasteiger partial charge in [-0.05, 0) is 33.7 Å². The standard InChI is InChI=1S/C11H23NO4/c1-11(2,3)16-10(14)9-12-5-4-7-15-8-6-13/h12-13H,4-9H2,1-3H3. The highest BCUT2D eigenvalue weighted by atomic mass is 16.6. The van der Waals surface area contributed by atoms with Crippen molar-refractivity contribution in [2.75, 3.05) is 32.9 Å². The lowest BCUT2D eigenvalue weighted by atomic mass is 10.2. The van der Waals surface area contributed by atoms with E-state index in [0.717, 1.165) is 6.42 Å². The van der Waals surface area contributed by atoms with Crippen molar-refractivity contribution in [3.8, 4) is 0 Å². The van der Waals surface area contributed by atoms with E-state index in [-0.39, 0.29) is 19.1 Å². The lowest BCUT2D eigenvalue weighted by Gasteiger charge is -2.19. The zero-order valence-electron chi connectivity index (χ0n) is 10.4. The molecule has 0 spiro atoms. The van der Waals surface area contributed by atoms with E-state index in [1.165, 1.54) is 0 Å². The molecule has 0 saturated carbocycles. The van der Waals surface area contributed by atoms with Gasteiger partial charge in [0.2, 0.25) is 0 Å². The molecule has 0 aromatic rings. The maximum absolute atomic E-state index is 11.2. The van der Waals surface area contributed by atoms with Crippen LogP contribution in [0.25, 0.3) is 0 Å². The Hall–Kier alpha value is -0.650. The molecule has 0 heterocycles. The van der Waals surface area contributed by atoms with Crippen molar-refractivity contribution >= 4 is 5.97 Å². The van der Waals surface area contributed by atoms with Crippen LogP contribution in [-0.2, 0) is 14.3 Å². The number of carbonyl (C=O) groups excluding carboxylic acids is 1.